The van der Waals surface area contributed by atoms with Crippen molar-refractivity contribution in [3.63, 3.8) is 0 Å². The Hall–Kier alpha value is -1.32. The first-order chi connectivity index (χ1) is 6.41. The maximum absolute atomic E-state index is 10.7. The topological polar surface area (TPSA) is 66.0 Å². The summed E-state index contributed by atoms with van der Waals surface area (Å²) in [5.74, 6) is -0.115. The van der Waals surface area contributed by atoms with Crippen molar-refractivity contribution in [1.29, 1.82) is 0 Å². The highest BCUT2D eigenvalue weighted by atomic mass is 16.4. The van der Waals surface area contributed by atoms with E-state index in [1.54, 1.807) is 12.4 Å². The van der Waals surface area contributed by atoms with Crippen LogP contribution < -0.4 is 0 Å². The molecule has 4 heteroatoms. The molecule has 0 amide bonds. The third-order valence-corrected chi connectivity index (χ3v) is 2.27. The molecule has 78 valence electrons. The van der Waals surface area contributed by atoms with Crippen LogP contribution in [0.3, 0.4) is 0 Å². The minimum absolute atomic E-state index is 0.0741. The van der Waals surface area contributed by atoms with E-state index < -0.39 is 5.97 Å². The summed E-state index contributed by atoms with van der Waals surface area (Å²) in [4.78, 5) is 17.8. The van der Waals surface area contributed by atoms with Crippen molar-refractivity contribution < 1.29 is 9.90 Å². The molecule has 0 spiro atoms. The van der Waals surface area contributed by atoms with Gasteiger partial charge < -0.3 is 10.1 Å². The van der Waals surface area contributed by atoms with Crippen molar-refractivity contribution >= 4 is 5.97 Å². The number of carbonyl (C=O) groups is 1. The van der Waals surface area contributed by atoms with Crippen LogP contribution in [0.4, 0.5) is 0 Å². The van der Waals surface area contributed by atoms with Crippen LogP contribution in [0.1, 0.15) is 38.9 Å². The first-order valence-corrected chi connectivity index (χ1v) is 4.62. The number of hydrogen-bond acceptors (Lipinski definition) is 2. The number of H-pyrrole nitrogens is 1. The molecular formula is C10H16N2O2. The summed E-state index contributed by atoms with van der Waals surface area (Å²) in [6, 6.07) is 0. The van der Waals surface area contributed by atoms with E-state index in [0.29, 0.717) is 0 Å². The predicted molar refractivity (Wildman–Crippen MR) is 53.0 cm³/mol. The van der Waals surface area contributed by atoms with E-state index in [1.807, 2.05) is 20.8 Å². The maximum Gasteiger partial charge on any atom is 0.304 e. The molecule has 0 radical (unpaired) electrons. The Kier molecular flexibility index (Phi) is 2.93. The van der Waals surface area contributed by atoms with Crippen LogP contribution in [0.2, 0.25) is 0 Å². The highest BCUT2D eigenvalue weighted by molar-refractivity contribution is 5.67. The fourth-order valence-corrected chi connectivity index (χ4v) is 1.46. The molecule has 0 saturated carbocycles. The molecule has 0 aliphatic carbocycles. The van der Waals surface area contributed by atoms with Crippen molar-refractivity contribution in [2.45, 2.75) is 33.1 Å². The van der Waals surface area contributed by atoms with E-state index in [0.717, 1.165) is 5.82 Å². The Labute approximate surface area is 83.4 Å². The van der Waals surface area contributed by atoms with Crippen molar-refractivity contribution in [2.24, 2.45) is 5.41 Å². The first kappa shape index (κ1) is 10.8. The third kappa shape index (κ3) is 2.58. The van der Waals surface area contributed by atoms with Gasteiger partial charge in [-0.05, 0) is 5.41 Å². The number of nitrogens with zero attached hydrogens (tertiary/aromatic N) is 1. The third-order valence-electron chi connectivity index (χ3n) is 2.27. The van der Waals surface area contributed by atoms with Gasteiger partial charge in [0.25, 0.3) is 0 Å². The molecule has 1 atom stereocenters. The van der Waals surface area contributed by atoms with Gasteiger partial charge in [0.2, 0.25) is 0 Å². The molecule has 0 saturated heterocycles. The Bertz CT molecular complexity index is 298. The number of imidazole rings is 1. The smallest absolute Gasteiger partial charge is 0.304 e. The quantitative estimate of drug-likeness (QED) is 0.777. The van der Waals surface area contributed by atoms with Gasteiger partial charge in [-0.1, -0.05) is 20.8 Å². The second kappa shape index (κ2) is 3.82. The zero-order valence-corrected chi connectivity index (χ0v) is 8.74. The van der Waals surface area contributed by atoms with E-state index in [2.05, 4.69) is 9.97 Å². The Morgan fingerprint density at radius 3 is 2.64 bits per heavy atom. The lowest BCUT2D eigenvalue weighted by Gasteiger charge is -2.27. The second-order valence-electron chi connectivity index (χ2n) is 4.49. The van der Waals surface area contributed by atoms with Crippen LogP contribution >= 0.6 is 0 Å². The maximum atomic E-state index is 10.7. The molecule has 1 unspecified atom stereocenters. The van der Waals surface area contributed by atoms with Crippen LogP contribution in [0, 0.1) is 5.41 Å². The average molecular weight is 196 g/mol. The highest BCUT2D eigenvalue weighted by Crippen LogP contribution is 2.35. The van der Waals surface area contributed by atoms with Gasteiger partial charge in [0.05, 0.1) is 6.42 Å². The number of hydrogen-bond donors (Lipinski definition) is 2. The molecule has 1 heterocycles. The summed E-state index contributed by atoms with van der Waals surface area (Å²) in [5, 5.41) is 8.80. The molecule has 0 aliphatic rings. The van der Waals surface area contributed by atoms with Crippen LogP contribution in [0.5, 0.6) is 0 Å². The largest absolute Gasteiger partial charge is 0.481 e. The van der Waals surface area contributed by atoms with Gasteiger partial charge >= 0.3 is 5.97 Å². The number of nitrogens with one attached hydrogen (secondary N) is 1. The molecule has 4 nitrogen and oxygen atoms in total. The second-order valence-corrected chi connectivity index (χ2v) is 4.49. The van der Waals surface area contributed by atoms with Crippen LogP contribution in [0.25, 0.3) is 0 Å². The first-order valence-electron chi connectivity index (χ1n) is 4.62. The summed E-state index contributed by atoms with van der Waals surface area (Å²) in [6.07, 6.45) is 3.48. The summed E-state index contributed by atoms with van der Waals surface area (Å²) >= 11 is 0. The Balaban J connectivity index is 2.89. The Morgan fingerprint density at radius 1 is 1.64 bits per heavy atom. The van der Waals surface area contributed by atoms with Gasteiger partial charge in [0.1, 0.15) is 5.82 Å². The van der Waals surface area contributed by atoms with Gasteiger partial charge in [-0.15, -0.1) is 0 Å². The van der Waals surface area contributed by atoms with Crippen LogP contribution in [-0.2, 0) is 4.79 Å². The zero-order valence-electron chi connectivity index (χ0n) is 8.74. The zero-order chi connectivity index (χ0) is 10.8. The molecule has 1 rings (SSSR count). The molecular weight excluding hydrogens is 180 g/mol. The number of rotatable bonds is 3. The summed E-state index contributed by atoms with van der Waals surface area (Å²) in [5.41, 5.74) is -0.101. The van der Waals surface area contributed by atoms with Gasteiger partial charge in [-0.3, -0.25) is 4.79 Å². The summed E-state index contributed by atoms with van der Waals surface area (Å²) in [7, 11) is 0. The monoisotopic (exact) mass is 196 g/mol. The minimum Gasteiger partial charge on any atom is -0.481 e. The normalized spacial score (nSPS) is 13.9. The minimum atomic E-state index is -0.790. The molecule has 14 heavy (non-hydrogen) atoms. The molecule has 1 aromatic heterocycles. The average Bonchev–Trinajstić information content (AvgIpc) is 2.49. The van der Waals surface area contributed by atoms with Gasteiger partial charge in [0, 0.05) is 18.3 Å². The van der Waals surface area contributed by atoms with E-state index in [-0.39, 0.29) is 17.8 Å². The van der Waals surface area contributed by atoms with E-state index >= 15 is 0 Å². The van der Waals surface area contributed by atoms with Crippen molar-refractivity contribution in [1.82, 2.24) is 9.97 Å². The van der Waals surface area contributed by atoms with E-state index in [4.69, 9.17) is 5.11 Å². The van der Waals surface area contributed by atoms with Crippen molar-refractivity contribution in [3.05, 3.63) is 18.2 Å². The van der Waals surface area contributed by atoms with Crippen molar-refractivity contribution in [2.75, 3.05) is 0 Å². The molecule has 0 bridgehead atoms. The number of aromatic amines is 1. The van der Waals surface area contributed by atoms with Gasteiger partial charge in [-0.25, -0.2) is 4.98 Å². The molecule has 0 aromatic carbocycles. The number of carboxylic acids is 1. The van der Waals surface area contributed by atoms with Crippen molar-refractivity contribution in [3.8, 4) is 0 Å². The van der Waals surface area contributed by atoms with Gasteiger partial charge in [0.15, 0.2) is 0 Å². The number of aromatic nitrogens is 2. The van der Waals surface area contributed by atoms with Crippen LogP contribution in [0.15, 0.2) is 12.4 Å². The lowest BCUT2D eigenvalue weighted by Crippen LogP contribution is -2.22. The lowest BCUT2D eigenvalue weighted by molar-refractivity contribution is -0.138. The molecule has 0 fully saturated rings. The lowest BCUT2D eigenvalue weighted by atomic mass is 9.78. The number of carboxylic acid groups (broad SMARTS) is 1. The SMILES string of the molecule is CC(C)(C)C(CC(=O)O)c1ncc[nH]1. The molecule has 1 aromatic rings. The standard InChI is InChI=1S/C10H16N2O2/c1-10(2,3)7(6-8(13)14)9-11-4-5-12-9/h4-5,7H,6H2,1-3H3,(H,11,12)(H,13,14). The Morgan fingerprint density at radius 2 is 2.29 bits per heavy atom. The fraction of sp³-hybridized carbons (Fsp3) is 0.600. The molecule has 2 N–H and O–H groups in total. The summed E-state index contributed by atoms with van der Waals surface area (Å²) in [6.45, 7) is 6.05. The van der Waals surface area contributed by atoms with E-state index in [9.17, 15) is 4.79 Å². The fourth-order valence-electron chi connectivity index (χ4n) is 1.46. The van der Waals surface area contributed by atoms with Crippen LogP contribution in [-0.4, -0.2) is 21.0 Å². The summed E-state index contributed by atoms with van der Waals surface area (Å²) < 4.78 is 0. The van der Waals surface area contributed by atoms with Gasteiger partial charge in [-0.2, -0.15) is 0 Å². The predicted octanol–water partition coefficient (Wildman–Crippen LogP) is 2.01. The van der Waals surface area contributed by atoms with E-state index in [1.165, 1.54) is 0 Å². The number of aliphatic carboxylic acids is 1. The molecule has 0 aliphatic heterocycles. The highest BCUT2D eigenvalue weighted by Gasteiger charge is 2.30.